The molecule has 1 aromatic carbocycles. The van der Waals surface area contributed by atoms with Gasteiger partial charge in [0, 0.05) is 5.69 Å². The SMILES string of the molecule is COc1ccc(NC(=O)Cn2cnc3c(cnn3CCO)c2=O)cc1. The number of amides is 1. The van der Waals surface area contributed by atoms with Crippen molar-refractivity contribution in [3.8, 4) is 5.75 Å². The number of aromatic nitrogens is 4. The molecule has 0 atom stereocenters. The minimum atomic E-state index is -0.362. The van der Waals surface area contributed by atoms with Crippen molar-refractivity contribution in [2.75, 3.05) is 19.0 Å². The average Bonchev–Trinajstić information content (AvgIpc) is 3.02. The van der Waals surface area contributed by atoms with Crippen molar-refractivity contribution >= 4 is 22.6 Å². The van der Waals surface area contributed by atoms with E-state index in [0.717, 1.165) is 0 Å². The summed E-state index contributed by atoms with van der Waals surface area (Å²) in [5, 5.41) is 16.0. The molecular weight excluding hydrogens is 326 g/mol. The number of ether oxygens (including phenoxy) is 1. The molecule has 0 bridgehead atoms. The Morgan fingerprint density at radius 2 is 2.08 bits per heavy atom. The monoisotopic (exact) mass is 343 g/mol. The molecule has 3 rings (SSSR count). The Bertz CT molecular complexity index is 945. The molecule has 0 aliphatic heterocycles. The fourth-order valence-corrected chi connectivity index (χ4v) is 2.40. The fourth-order valence-electron chi connectivity index (χ4n) is 2.40. The summed E-state index contributed by atoms with van der Waals surface area (Å²) < 4.78 is 7.71. The van der Waals surface area contributed by atoms with Crippen LogP contribution in [0.5, 0.6) is 5.75 Å². The first-order chi connectivity index (χ1) is 12.1. The fraction of sp³-hybridized carbons (Fsp3) is 0.250. The molecule has 0 aliphatic carbocycles. The molecule has 1 amide bonds. The van der Waals surface area contributed by atoms with Gasteiger partial charge in [0.1, 0.15) is 24.0 Å². The lowest BCUT2D eigenvalue weighted by molar-refractivity contribution is -0.116. The van der Waals surface area contributed by atoms with E-state index in [9.17, 15) is 9.59 Å². The highest BCUT2D eigenvalue weighted by Crippen LogP contribution is 2.15. The zero-order chi connectivity index (χ0) is 17.8. The van der Waals surface area contributed by atoms with Gasteiger partial charge in [0.15, 0.2) is 5.65 Å². The maximum absolute atomic E-state index is 12.4. The van der Waals surface area contributed by atoms with Gasteiger partial charge in [-0.25, -0.2) is 9.67 Å². The number of nitrogens with one attached hydrogen (secondary N) is 1. The molecule has 0 saturated heterocycles. The average molecular weight is 343 g/mol. The lowest BCUT2D eigenvalue weighted by Crippen LogP contribution is -2.27. The van der Waals surface area contributed by atoms with Crippen LogP contribution in [0, 0.1) is 0 Å². The Labute approximate surface area is 142 Å². The number of rotatable bonds is 6. The predicted molar refractivity (Wildman–Crippen MR) is 90.5 cm³/mol. The summed E-state index contributed by atoms with van der Waals surface area (Å²) in [6.45, 7) is -0.0251. The number of aliphatic hydroxyl groups excluding tert-OH is 1. The standard InChI is InChI=1S/C16H17N5O4/c1-25-12-4-2-11(3-5-12)19-14(23)9-20-10-17-15-13(16(20)24)8-18-21(15)6-7-22/h2-5,8,10,22H,6-7,9H2,1H3,(H,19,23). The number of fused-ring (bicyclic) bond motifs is 1. The highest BCUT2D eigenvalue weighted by Gasteiger charge is 2.12. The molecule has 0 radical (unpaired) electrons. The van der Waals surface area contributed by atoms with Gasteiger partial charge in [-0.3, -0.25) is 14.2 Å². The molecule has 0 spiro atoms. The van der Waals surface area contributed by atoms with Crippen molar-refractivity contribution in [1.29, 1.82) is 0 Å². The first kappa shape index (κ1) is 16.7. The molecule has 130 valence electrons. The number of nitrogens with zero attached hydrogens (tertiary/aromatic N) is 4. The van der Waals surface area contributed by atoms with Gasteiger partial charge in [0.2, 0.25) is 5.91 Å². The van der Waals surface area contributed by atoms with Gasteiger partial charge in [-0.1, -0.05) is 0 Å². The minimum Gasteiger partial charge on any atom is -0.497 e. The molecule has 25 heavy (non-hydrogen) atoms. The summed E-state index contributed by atoms with van der Waals surface area (Å²) in [4.78, 5) is 28.7. The molecule has 0 unspecified atom stereocenters. The van der Waals surface area contributed by atoms with E-state index in [1.165, 1.54) is 21.8 Å². The summed E-state index contributed by atoms with van der Waals surface area (Å²) in [6, 6.07) is 6.87. The predicted octanol–water partition coefficient (Wildman–Crippen LogP) is 0.233. The van der Waals surface area contributed by atoms with Gasteiger partial charge in [-0.15, -0.1) is 0 Å². The number of benzene rings is 1. The van der Waals surface area contributed by atoms with Crippen molar-refractivity contribution in [2.24, 2.45) is 0 Å². The Morgan fingerprint density at radius 1 is 1.32 bits per heavy atom. The van der Waals surface area contributed by atoms with Crippen LogP contribution in [0.2, 0.25) is 0 Å². The van der Waals surface area contributed by atoms with Crippen LogP contribution in [0.4, 0.5) is 5.69 Å². The van der Waals surface area contributed by atoms with E-state index >= 15 is 0 Å². The summed E-state index contributed by atoms with van der Waals surface area (Å²) in [7, 11) is 1.56. The molecule has 9 nitrogen and oxygen atoms in total. The first-order valence-electron chi connectivity index (χ1n) is 7.58. The number of hydrogen-bond donors (Lipinski definition) is 2. The number of methoxy groups -OCH3 is 1. The van der Waals surface area contributed by atoms with Crippen molar-refractivity contribution < 1.29 is 14.6 Å². The van der Waals surface area contributed by atoms with Crippen LogP contribution in [0.25, 0.3) is 11.0 Å². The van der Waals surface area contributed by atoms with E-state index < -0.39 is 0 Å². The van der Waals surface area contributed by atoms with Crippen molar-refractivity contribution in [3.05, 3.63) is 47.1 Å². The summed E-state index contributed by atoms with van der Waals surface area (Å²) in [5.74, 6) is 0.333. The van der Waals surface area contributed by atoms with Gasteiger partial charge in [0.25, 0.3) is 5.56 Å². The Balaban J connectivity index is 1.76. The van der Waals surface area contributed by atoms with Gasteiger partial charge < -0.3 is 15.2 Å². The van der Waals surface area contributed by atoms with Gasteiger partial charge in [-0.2, -0.15) is 5.10 Å². The van der Waals surface area contributed by atoms with Gasteiger partial charge in [0.05, 0.1) is 26.5 Å². The molecule has 2 N–H and O–H groups in total. The van der Waals surface area contributed by atoms with Gasteiger partial charge >= 0.3 is 0 Å². The third kappa shape index (κ3) is 3.50. The molecule has 2 aromatic heterocycles. The summed E-state index contributed by atoms with van der Waals surface area (Å²) in [6.07, 6.45) is 2.69. The second-order valence-electron chi connectivity index (χ2n) is 5.28. The van der Waals surface area contributed by atoms with Crippen molar-refractivity contribution in [2.45, 2.75) is 13.1 Å². The van der Waals surface area contributed by atoms with E-state index in [0.29, 0.717) is 22.5 Å². The van der Waals surface area contributed by atoms with E-state index in [-0.39, 0.29) is 31.2 Å². The van der Waals surface area contributed by atoms with E-state index in [2.05, 4.69) is 15.4 Å². The number of carbonyl (C=O) groups excluding carboxylic acids is 1. The Morgan fingerprint density at radius 3 is 2.76 bits per heavy atom. The Hall–Kier alpha value is -3.20. The first-order valence-corrected chi connectivity index (χ1v) is 7.58. The van der Waals surface area contributed by atoms with E-state index in [1.54, 1.807) is 31.4 Å². The molecule has 0 saturated carbocycles. The quantitative estimate of drug-likeness (QED) is 0.663. The van der Waals surface area contributed by atoms with Crippen LogP contribution >= 0.6 is 0 Å². The van der Waals surface area contributed by atoms with Crippen LogP contribution in [-0.4, -0.2) is 44.1 Å². The molecule has 0 aliphatic rings. The maximum atomic E-state index is 12.4. The summed E-state index contributed by atoms with van der Waals surface area (Å²) >= 11 is 0. The van der Waals surface area contributed by atoms with Crippen LogP contribution < -0.4 is 15.6 Å². The highest BCUT2D eigenvalue weighted by molar-refractivity contribution is 5.90. The van der Waals surface area contributed by atoms with Crippen LogP contribution in [0.3, 0.4) is 0 Å². The third-order valence-corrected chi connectivity index (χ3v) is 3.62. The topological polar surface area (TPSA) is 111 Å². The largest absolute Gasteiger partial charge is 0.497 e. The van der Waals surface area contributed by atoms with Crippen LogP contribution in [0.1, 0.15) is 0 Å². The minimum absolute atomic E-state index is 0.105. The molecule has 9 heteroatoms. The van der Waals surface area contributed by atoms with Crippen molar-refractivity contribution in [1.82, 2.24) is 19.3 Å². The Kier molecular flexibility index (Phi) is 4.75. The summed E-state index contributed by atoms with van der Waals surface area (Å²) in [5.41, 5.74) is 0.619. The van der Waals surface area contributed by atoms with Gasteiger partial charge in [-0.05, 0) is 24.3 Å². The number of aliphatic hydroxyl groups is 1. The zero-order valence-electron chi connectivity index (χ0n) is 13.5. The molecule has 0 fully saturated rings. The zero-order valence-corrected chi connectivity index (χ0v) is 13.5. The van der Waals surface area contributed by atoms with Crippen LogP contribution in [-0.2, 0) is 17.9 Å². The van der Waals surface area contributed by atoms with E-state index in [1.807, 2.05) is 0 Å². The number of carbonyl (C=O) groups is 1. The second-order valence-corrected chi connectivity index (χ2v) is 5.28. The lowest BCUT2D eigenvalue weighted by Gasteiger charge is -2.08. The number of hydrogen-bond acceptors (Lipinski definition) is 6. The number of anilines is 1. The van der Waals surface area contributed by atoms with E-state index in [4.69, 9.17) is 9.84 Å². The molecule has 3 aromatic rings. The second kappa shape index (κ2) is 7.14. The van der Waals surface area contributed by atoms with Crippen LogP contribution in [0.15, 0.2) is 41.6 Å². The third-order valence-electron chi connectivity index (χ3n) is 3.62. The smallest absolute Gasteiger partial charge is 0.264 e. The maximum Gasteiger partial charge on any atom is 0.264 e. The highest BCUT2D eigenvalue weighted by atomic mass is 16.5. The molecular formula is C16H17N5O4. The van der Waals surface area contributed by atoms with Crippen molar-refractivity contribution in [3.63, 3.8) is 0 Å². The molecule has 2 heterocycles. The normalized spacial score (nSPS) is 10.8. The lowest BCUT2D eigenvalue weighted by atomic mass is 10.3.